The minimum absolute atomic E-state index is 0.0349. The normalized spacial score (nSPS) is 18.9. The quantitative estimate of drug-likeness (QED) is 0.798. The summed E-state index contributed by atoms with van der Waals surface area (Å²) in [7, 11) is 0. The maximum Gasteiger partial charge on any atom is 0.410 e. The Kier molecular flexibility index (Phi) is 5.61. The van der Waals surface area contributed by atoms with Gasteiger partial charge in [0.25, 0.3) is 0 Å². The van der Waals surface area contributed by atoms with E-state index in [1.165, 1.54) is 0 Å². The second kappa shape index (κ2) is 7.45. The largest absolute Gasteiger partial charge is 0.444 e. The Labute approximate surface area is 132 Å². The van der Waals surface area contributed by atoms with Gasteiger partial charge in [0, 0.05) is 13.1 Å². The highest BCUT2D eigenvalue weighted by Gasteiger charge is 2.23. The molecule has 1 aromatic rings. The van der Waals surface area contributed by atoms with E-state index in [2.05, 4.69) is 0 Å². The monoisotopic (exact) mass is 303 g/mol. The first kappa shape index (κ1) is 16.6. The molecule has 1 aliphatic rings. The summed E-state index contributed by atoms with van der Waals surface area (Å²) in [6, 6.07) is 10.1. The van der Waals surface area contributed by atoms with Gasteiger partial charge >= 0.3 is 6.09 Å². The number of carbonyl (C=O) groups is 1. The summed E-state index contributed by atoms with van der Waals surface area (Å²) >= 11 is 0. The first-order valence-corrected chi connectivity index (χ1v) is 7.74. The lowest BCUT2D eigenvalue weighted by Gasteiger charge is -2.26. The van der Waals surface area contributed by atoms with Crippen molar-refractivity contribution in [3.05, 3.63) is 48.0 Å². The minimum Gasteiger partial charge on any atom is -0.444 e. The topological polar surface area (TPSA) is 38.8 Å². The Balaban J connectivity index is 1.81. The van der Waals surface area contributed by atoms with Gasteiger partial charge in [0.15, 0.2) is 0 Å². The van der Waals surface area contributed by atoms with Crippen LogP contribution in [0.5, 0.6) is 0 Å². The molecule has 1 amide bonds. The standard InChI is InChI=1S/C18H25NO3/c1-18(2,3)22-17(20)19-12-7-10-16(11-13-19)21-14-15-8-5-4-6-9-15/h4-10,16H,11-14H2,1-3H3. The fourth-order valence-electron chi connectivity index (χ4n) is 2.22. The summed E-state index contributed by atoms with van der Waals surface area (Å²) < 4.78 is 11.3. The third-order valence-electron chi connectivity index (χ3n) is 3.32. The average molecular weight is 303 g/mol. The number of benzene rings is 1. The number of carbonyl (C=O) groups excluding carboxylic acids is 1. The first-order valence-electron chi connectivity index (χ1n) is 7.74. The van der Waals surface area contributed by atoms with Crippen LogP contribution in [0, 0.1) is 0 Å². The van der Waals surface area contributed by atoms with E-state index in [1.54, 1.807) is 4.90 Å². The molecule has 22 heavy (non-hydrogen) atoms. The number of nitrogens with zero attached hydrogens (tertiary/aromatic N) is 1. The van der Waals surface area contributed by atoms with Crippen LogP contribution in [0.2, 0.25) is 0 Å². The molecule has 1 aromatic carbocycles. The first-order chi connectivity index (χ1) is 10.4. The Hall–Kier alpha value is -1.81. The van der Waals surface area contributed by atoms with Gasteiger partial charge in [-0.15, -0.1) is 0 Å². The number of ether oxygens (including phenoxy) is 2. The molecule has 0 aromatic heterocycles. The molecule has 0 aliphatic carbocycles. The summed E-state index contributed by atoms with van der Waals surface area (Å²) in [6.45, 7) is 7.43. The van der Waals surface area contributed by atoms with E-state index < -0.39 is 5.60 Å². The van der Waals surface area contributed by atoms with Crippen LogP contribution in [0.4, 0.5) is 4.79 Å². The Morgan fingerprint density at radius 1 is 1.27 bits per heavy atom. The predicted molar refractivity (Wildman–Crippen MR) is 86.6 cm³/mol. The molecule has 0 bridgehead atoms. The molecule has 1 atom stereocenters. The zero-order chi connectivity index (χ0) is 16.0. The number of hydrogen-bond acceptors (Lipinski definition) is 3. The summed E-state index contributed by atoms with van der Waals surface area (Å²) in [6.07, 6.45) is 4.57. The van der Waals surface area contributed by atoms with Crippen molar-refractivity contribution >= 4 is 6.09 Å². The molecule has 2 rings (SSSR count). The van der Waals surface area contributed by atoms with E-state index in [4.69, 9.17) is 9.47 Å². The molecule has 0 fully saturated rings. The van der Waals surface area contributed by atoms with Crippen molar-refractivity contribution in [2.75, 3.05) is 13.1 Å². The van der Waals surface area contributed by atoms with Gasteiger partial charge in [-0.05, 0) is 32.8 Å². The average Bonchev–Trinajstić information content (AvgIpc) is 2.70. The molecule has 1 heterocycles. The lowest BCUT2D eigenvalue weighted by molar-refractivity contribution is 0.0226. The van der Waals surface area contributed by atoms with Gasteiger partial charge < -0.3 is 14.4 Å². The third-order valence-corrected chi connectivity index (χ3v) is 3.32. The van der Waals surface area contributed by atoms with Crippen molar-refractivity contribution in [3.63, 3.8) is 0 Å². The molecule has 0 radical (unpaired) electrons. The van der Waals surface area contributed by atoms with Crippen LogP contribution in [0.1, 0.15) is 32.8 Å². The van der Waals surface area contributed by atoms with Gasteiger partial charge in [-0.25, -0.2) is 4.79 Å². The van der Waals surface area contributed by atoms with Crippen LogP contribution in [-0.4, -0.2) is 35.8 Å². The van der Waals surface area contributed by atoms with Crippen LogP contribution in [0.3, 0.4) is 0 Å². The smallest absolute Gasteiger partial charge is 0.410 e. The molecule has 120 valence electrons. The van der Waals surface area contributed by atoms with Crippen LogP contribution in [0.25, 0.3) is 0 Å². The van der Waals surface area contributed by atoms with E-state index in [1.807, 2.05) is 63.3 Å². The molecule has 0 saturated heterocycles. The van der Waals surface area contributed by atoms with Crippen molar-refractivity contribution in [2.24, 2.45) is 0 Å². The van der Waals surface area contributed by atoms with Crippen molar-refractivity contribution in [1.82, 2.24) is 4.90 Å². The SMILES string of the molecule is CC(C)(C)OC(=O)N1CC=CC(OCc2ccccc2)CC1. The summed E-state index contributed by atoms with van der Waals surface area (Å²) in [5.74, 6) is 0. The van der Waals surface area contributed by atoms with Crippen LogP contribution in [-0.2, 0) is 16.1 Å². The molecular weight excluding hydrogens is 278 g/mol. The van der Waals surface area contributed by atoms with Crippen molar-refractivity contribution in [1.29, 1.82) is 0 Å². The maximum absolute atomic E-state index is 12.1. The van der Waals surface area contributed by atoms with Crippen LogP contribution >= 0.6 is 0 Å². The van der Waals surface area contributed by atoms with Gasteiger partial charge in [0.1, 0.15) is 5.60 Å². The molecule has 1 unspecified atom stereocenters. The number of rotatable bonds is 3. The molecule has 0 N–H and O–H groups in total. The highest BCUT2D eigenvalue weighted by Crippen LogP contribution is 2.15. The van der Waals surface area contributed by atoms with E-state index >= 15 is 0 Å². The number of hydrogen-bond donors (Lipinski definition) is 0. The lowest BCUT2D eigenvalue weighted by atomic mass is 10.2. The van der Waals surface area contributed by atoms with Crippen molar-refractivity contribution in [2.45, 2.75) is 45.5 Å². The fourth-order valence-corrected chi connectivity index (χ4v) is 2.22. The molecule has 4 heteroatoms. The van der Waals surface area contributed by atoms with E-state index in [9.17, 15) is 4.79 Å². The van der Waals surface area contributed by atoms with Gasteiger partial charge in [-0.1, -0.05) is 42.5 Å². The summed E-state index contributed by atoms with van der Waals surface area (Å²) in [4.78, 5) is 13.8. The highest BCUT2D eigenvalue weighted by molar-refractivity contribution is 5.68. The lowest BCUT2D eigenvalue weighted by Crippen LogP contribution is -2.37. The van der Waals surface area contributed by atoms with E-state index in [0.29, 0.717) is 19.7 Å². The molecule has 1 aliphatic heterocycles. The van der Waals surface area contributed by atoms with Gasteiger partial charge in [0.05, 0.1) is 12.7 Å². The van der Waals surface area contributed by atoms with Gasteiger partial charge in [0.2, 0.25) is 0 Å². The predicted octanol–water partition coefficient (Wildman–Crippen LogP) is 3.77. The third kappa shape index (κ3) is 5.53. The Morgan fingerprint density at radius 2 is 2.00 bits per heavy atom. The maximum atomic E-state index is 12.1. The van der Waals surface area contributed by atoms with E-state index in [-0.39, 0.29) is 12.2 Å². The second-order valence-corrected chi connectivity index (χ2v) is 6.48. The fraction of sp³-hybridized carbons (Fsp3) is 0.500. The summed E-state index contributed by atoms with van der Waals surface area (Å²) in [5, 5.41) is 0. The van der Waals surface area contributed by atoms with Gasteiger partial charge in [-0.2, -0.15) is 0 Å². The zero-order valence-corrected chi connectivity index (χ0v) is 13.6. The van der Waals surface area contributed by atoms with Gasteiger partial charge in [-0.3, -0.25) is 0 Å². The van der Waals surface area contributed by atoms with Crippen molar-refractivity contribution in [3.8, 4) is 0 Å². The number of amides is 1. The molecule has 0 saturated carbocycles. The molecular formula is C18H25NO3. The Morgan fingerprint density at radius 3 is 2.68 bits per heavy atom. The second-order valence-electron chi connectivity index (χ2n) is 6.48. The van der Waals surface area contributed by atoms with Crippen LogP contribution in [0.15, 0.2) is 42.5 Å². The minimum atomic E-state index is -0.462. The Bertz CT molecular complexity index is 505. The highest BCUT2D eigenvalue weighted by atomic mass is 16.6. The zero-order valence-electron chi connectivity index (χ0n) is 13.6. The van der Waals surface area contributed by atoms with Crippen LogP contribution < -0.4 is 0 Å². The van der Waals surface area contributed by atoms with Crippen molar-refractivity contribution < 1.29 is 14.3 Å². The summed E-state index contributed by atoms with van der Waals surface area (Å²) in [5.41, 5.74) is 0.695. The van der Waals surface area contributed by atoms with E-state index in [0.717, 1.165) is 12.0 Å². The molecule has 0 spiro atoms. The molecule has 4 nitrogen and oxygen atoms in total.